The number of nitrogens with one attached hydrogen (secondary N) is 1. The van der Waals surface area contributed by atoms with E-state index in [2.05, 4.69) is 5.32 Å². The van der Waals surface area contributed by atoms with Gasteiger partial charge >= 0.3 is 6.03 Å². The van der Waals surface area contributed by atoms with Crippen molar-refractivity contribution in [3.63, 3.8) is 0 Å². The van der Waals surface area contributed by atoms with Gasteiger partial charge in [0.2, 0.25) is 0 Å². The lowest BCUT2D eigenvalue weighted by Crippen LogP contribution is -2.34. The van der Waals surface area contributed by atoms with Gasteiger partial charge in [-0.1, -0.05) is 12.1 Å². The van der Waals surface area contributed by atoms with E-state index >= 15 is 0 Å². The molecule has 6 heteroatoms. The molecular weight excluding hydrogens is 220 g/mol. The summed E-state index contributed by atoms with van der Waals surface area (Å²) in [5.41, 5.74) is 0.793. The highest BCUT2D eigenvalue weighted by Crippen LogP contribution is 2.16. The van der Waals surface area contributed by atoms with Crippen molar-refractivity contribution < 1.29 is 9.59 Å². The molecule has 0 fully saturated rings. The summed E-state index contributed by atoms with van der Waals surface area (Å²) in [4.78, 5) is 24.7. The molecule has 1 aromatic rings. The summed E-state index contributed by atoms with van der Waals surface area (Å²) in [5.74, 6) is 5.03. The summed E-state index contributed by atoms with van der Waals surface area (Å²) in [7, 11) is 4.69. The van der Waals surface area contributed by atoms with Crippen molar-refractivity contribution >= 4 is 17.6 Å². The van der Waals surface area contributed by atoms with Gasteiger partial charge in [-0.3, -0.25) is 9.80 Å². The van der Waals surface area contributed by atoms with Crippen molar-refractivity contribution in [2.45, 2.75) is 0 Å². The van der Waals surface area contributed by atoms with Gasteiger partial charge in [0.15, 0.2) is 0 Å². The number of rotatable bonds is 2. The third kappa shape index (κ3) is 3.18. The Hall–Kier alpha value is -2.08. The zero-order chi connectivity index (χ0) is 13.0. The highest BCUT2D eigenvalue weighted by molar-refractivity contribution is 6.03. The van der Waals surface area contributed by atoms with E-state index in [0.717, 1.165) is 5.01 Å². The van der Waals surface area contributed by atoms with Crippen LogP contribution in [0.15, 0.2) is 24.3 Å². The zero-order valence-corrected chi connectivity index (χ0v) is 10.1. The minimum atomic E-state index is -0.361. The van der Waals surface area contributed by atoms with E-state index in [1.807, 2.05) is 0 Å². The number of para-hydroxylation sites is 1. The fourth-order valence-corrected chi connectivity index (χ4v) is 1.20. The number of amides is 3. The predicted molar refractivity (Wildman–Crippen MR) is 65.4 cm³/mol. The molecule has 0 aliphatic rings. The Morgan fingerprint density at radius 2 is 1.76 bits per heavy atom. The molecule has 3 N–H and O–H groups in total. The van der Waals surface area contributed by atoms with Gasteiger partial charge in [0.25, 0.3) is 5.91 Å². The molecule has 0 spiro atoms. The first-order valence-corrected chi connectivity index (χ1v) is 5.03. The molecule has 6 nitrogen and oxygen atoms in total. The van der Waals surface area contributed by atoms with Crippen LogP contribution in [0.2, 0.25) is 0 Å². The van der Waals surface area contributed by atoms with E-state index in [1.54, 1.807) is 38.4 Å². The first-order chi connectivity index (χ1) is 7.93. The van der Waals surface area contributed by atoms with Gasteiger partial charge in [-0.2, -0.15) is 0 Å². The van der Waals surface area contributed by atoms with Crippen molar-refractivity contribution in [1.82, 2.24) is 9.91 Å². The van der Waals surface area contributed by atoms with E-state index < -0.39 is 0 Å². The molecule has 0 aliphatic heterocycles. The van der Waals surface area contributed by atoms with Gasteiger partial charge in [0.1, 0.15) is 0 Å². The summed E-state index contributed by atoms with van der Waals surface area (Å²) in [6.45, 7) is 0. The summed E-state index contributed by atoms with van der Waals surface area (Å²) in [6.07, 6.45) is 0. The summed E-state index contributed by atoms with van der Waals surface area (Å²) < 4.78 is 0. The molecule has 0 saturated heterocycles. The predicted octanol–water partition coefficient (Wildman–Crippen LogP) is 0.726. The maximum absolute atomic E-state index is 11.8. The lowest BCUT2D eigenvalue weighted by molar-refractivity contribution is 0.0796. The van der Waals surface area contributed by atoms with Crippen molar-refractivity contribution in [1.29, 1.82) is 0 Å². The van der Waals surface area contributed by atoms with E-state index in [-0.39, 0.29) is 11.9 Å². The lowest BCUT2D eigenvalue weighted by Gasteiger charge is -2.16. The molecule has 0 aliphatic carbocycles. The molecule has 3 amide bonds. The smallest absolute Gasteiger partial charge is 0.321 e. The monoisotopic (exact) mass is 236 g/mol. The fraction of sp³-hybridized carbons (Fsp3) is 0.273. The van der Waals surface area contributed by atoms with Crippen LogP contribution in [0.3, 0.4) is 0 Å². The maximum Gasteiger partial charge on any atom is 0.321 e. The Kier molecular flexibility index (Phi) is 4.06. The normalized spacial score (nSPS) is 9.65. The minimum absolute atomic E-state index is 0.301. The van der Waals surface area contributed by atoms with Crippen molar-refractivity contribution in [2.24, 2.45) is 5.84 Å². The highest BCUT2D eigenvalue weighted by Gasteiger charge is 2.15. The number of urea groups is 1. The Balaban J connectivity index is 3.00. The van der Waals surface area contributed by atoms with Crippen molar-refractivity contribution in [3.05, 3.63) is 29.8 Å². The molecule has 1 rings (SSSR count). The number of carbonyl (C=O) groups is 2. The molecule has 17 heavy (non-hydrogen) atoms. The largest absolute Gasteiger partial charge is 0.331 e. The van der Waals surface area contributed by atoms with Crippen LogP contribution in [-0.2, 0) is 0 Å². The van der Waals surface area contributed by atoms with Gasteiger partial charge in [0.05, 0.1) is 11.3 Å². The Bertz CT molecular complexity index is 429. The fourth-order valence-electron chi connectivity index (χ4n) is 1.20. The van der Waals surface area contributed by atoms with Gasteiger partial charge in [-0.15, -0.1) is 0 Å². The molecular formula is C11H16N4O2. The number of carbonyl (C=O) groups excluding carboxylic acids is 2. The quantitative estimate of drug-likeness (QED) is 0.451. The Labute approximate surface area is 100.0 Å². The lowest BCUT2D eigenvalue weighted by atomic mass is 10.1. The Morgan fingerprint density at radius 1 is 1.18 bits per heavy atom. The number of nitrogens with two attached hydrogens (primary N) is 1. The summed E-state index contributed by atoms with van der Waals surface area (Å²) in [6, 6.07) is 6.40. The van der Waals surface area contributed by atoms with Gasteiger partial charge in [-0.25, -0.2) is 10.6 Å². The second kappa shape index (κ2) is 5.31. The van der Waals surface area contributed by atoms with Crippen LogP contribution >= 0.6 is 0 Å². The molecule has 0 radical (unpaired) electrons. The van der Waals surface area contributed by atoms with E-state index in [1.165, 1.54) is 11.9 Å². The van der Waals surface area contributed by atoms with Crippen LogP contribution < -0.4 is 11.2 Å². The van der Waals surface area contributed by atoms with Gasteiger partial charge < -0.3 is 10.2 Å². The van der Waals surface area contributed by atoms with Crippen LogP contribution in [0.1, 0.15) is 10.4 Å². The van der Waals surface area contributed by atoms with Gasteiger partial charge in [-0.05, 0) is 12.1 Å². The number of nitrogens with zero attached hydrogens (tertiary/aromatic N) is 2. The maximum atomic E-state index is 11.8. The third-order valence-electron chi connectivity index (χ3n) is 2.13. The van der Waals surface area contributed by atoms with E-state index in [4.69, 9.17) is 5.84 Å². The van der Waals surface area contributed by atoms with Crippen molar-refractivity contribution in [3.8, 4) is 0 Å². The number of hydrogen-bond donors (Lipinski definition) is 2. The third-order valence-corrected chi connectivity index (χ3v) is 2.13. The minimum Gasteiger partial charge on any atom is -0.331 e. The molecule has 0 atom stereocenters. The molecule has 0 unspecified atom stereocenters. The van der Waals surface area contributed by atoms with E-state index in [0.29, 0.717) is 11.3 Å². The highest BCUT2D eigenvalue weighted by atomic mass is 16.2. The first kappa shape index (κ1) is 13.0. The standard InChI is InChI=1S/C11H16N4O2/c1-14(2)11(17)13-9-7-5-4-6-8(9)10(16)15(3)12/h4-7H,12H2,1-3H3,(H,13,17). The topological polar surface area (TPSA) is 78.7 Å². The second-order valence-electron chi connectivity index (χ2n) is 3.79. The van der Waals surface area contributed by atoms with Crippen LogP contribution in [0, 0.1) is 0 Å². The number of benzene rings is 1. The molecule has 92 valence electrons. The van der Waals surface area contributed by atoms with Crippen LogP contribution in [0.5, 0.6) is 0 Å². The number of hydrazine groups is 1. The van der Waals surface area contributed by atoms with Crippen LogP contribution in [-0.4, -0.2) is 43.0 Å². The molecule has 1 aromatic carbocycles. The first-order valence-electron chi connectivity index (χ1n) is 5.03. The van der Waals surface area contributed by atoms with Crippen molar-refractivity contribution in [2.75, 3.05) is 26.5 Å². The van der Waals surface area contributed by atoms with Crippen LogP contribution in [0.4, 0.5) is 10.5 Å². The molecule has 0 saturated carbocycles. The second-order valence-corrected chi connectivity index (χ2v) is 3.79. The number of anilines is 1. The zero-order valence-electron chi connectivity index (χ0n) is 10.1. The SMILES string of the molecule is CN(C)C(=O)Nc1ccccc1C(=O)N(C)N. The molecule has 0 heterocycles. The molecule has 0 bridgehead atoms. The summed E-state index contributed by atoms with van der Waals surface area (Å²) >= 11 is 0. The van der Waals surface area contributed by atoms with E-state index in [9.17, 15) is 9.59 Å². The summed E-state index contributed by atoms with van der Waals surface area (Å²) in [5, 5.41) is 3.60. The molecule has 0 aromatic heterocycles. The Morgan fingerprint density at radius 3 is 2.29 bits per heavy atom. The average molecular weight is 236 g/mol. The number of hydrogen-bond acceptors (Lipinski definition) is 3. The average Bonchev–Trinajstić information content (AvgIpc) is 2.28. The van der Waals surface area contributed by atoms with Crippen LogP contribution in [0.25, 0.3) is 0 Å². The van der Waals surface area contributed by atoms with Gasteiger partial charge in [0, 0.05) is 21.1 Å².